The van der Waals surface area contributed by atoms with Crippen LogP contribution in [0.25, 0.3) is 33.5 Å². The van der Waals surface area contributed by atoms with Gasteiger partial charge in [0.05, 0.1) is 11.2 Å². The Kier molecular flexibility index (Phi) is 5.62. The minimum absolute atomic E-state index is 0.201. The van der Waals surface area contributed by atoms with Crippen LogP contribution in [0.15, 0.2) is 78.9 Å². The zero-order valence-corrected chi connectivity index (χ0v) is 19.8. The summed E-state index contributed by atoms with van der Waals surface area (Å²) in [6.45, 7) is 8.30. The molecular weight excluding hydrogens is 423 g/mol. The minimum atomic E-state index is -0.251. The van der Waals surface area contributed by atoms with Crippen molar-refractivity contribution in [3.63, 3.8) is 0 Å². The van der Waals surface area contributed by atoms with Crippen LogP contribution in [0.1, 0.15) is 31.3 Å². The predicted molar refractivity (Wildman–Crippen MR) is 138 cm³/mol. The number of aryl methyl sites for hydroxylation is 2. The predicted octanol–water partition coefficient (Wildman–Crippen LogP) is 7.85. The summed E-state index contributed by atoms with van der Waals surface area (Å²) in [4.78, 5) is 9.46. The quantitative estimate of drug-likeness (QED) is 0.296. The lowest BCUT2D eigenvalue weighted by atomic mass is 10.0. The Morgan fingerprint density at radius 3 is 2.06 bits per heavy atom. The Hall–Kier alpha value is -3.99. The van der Waals surface area contributed by atoms with E-state index in [9.17, 15) is 4.39 Å². The van der Waals surface area contributed by atoms with Crippen LogP contribution in [0, 0.1) is 19.7 Å². The van der Waals surface area contributed by atoms with E-state index in [1.807, 2.05) is 26.0 Å². The maximum absolute atomic E-state index is 13.5. The summed E-state index contributed by atoms with van der Waals surface area (Å²) in [5.41, 5.74) is 9.09. The van der Waals surface area contributed by atoms with E-state index in [2.05, 4.69) is 71.2 Å². The number of rotatable bonds is 5. The standard InChI is InChI=1S/C29H27FN4/c1-18(2)34-27-7-5-6-26(28(27)33-29(34)22-8-12-24(30)13-9-22)32-25-14-10-21(11-15-25)23-16-19(3)31-20(4)17-23/h5-18,32H,1-4H3. The number of para-hydroxylation sites is 1. The Balaban J connectivity index is 1.52. The van der Waals surface area contributed by atoms with Crippen molar-refractivity contribution in [2.75, 3.05) is 5.32 Å². The summed E-state index contributed by atoms with van der Waals surface area (Å²) in [5, 5.41) is 3.54. The molecule has 5 rings (SSSR count). The average molecular weight is 451 g/mol. The van der Waals surface area contributed by atoms with Gasteiger partial charge in [0, 0.05) is 28.7 Å². The van der Waals surface area contributed by atoms with Crippen LogP contribution in [0.4, 0.5) is 15.8 Å². The minimum Gasteiger partial charge on any atom is -0.354 e. The van der Waals surface area contributed by atoms with Gasteiger partial charge in [-0.3, -0.25) is 4.98 Å². The highest BCUT2D eigenvalue weighted by Gasteiger charge is 2.17. The van der Waals surface area contributed by atoms with Crippen LogP contribution < -0.4 is 5.32 Å². The van der Waals surface area contributed by atoms with Gasteiger partial charge in [-0.2, -0.15) is 0 Å². The van der Waals surface area contributed by atoms with Gasteiger partial charge in [0.15, 0.2) is 0 Å². The van der Waals surface area contributed by atoms with E-state index in [-0.39, 0.29) is 11.9 Å². The first kappa shape index (κ1) is 21.8. The highest BCUT2D eigenvalue weighted by Crippen LogP contribution is 2.33. The molecule has 0 saturated heterocycles. The molecule has 0 aliphatic rings. The second-order valence-electron chi connectivity index (χ2n) is 8.92. The van der Waals surface area contributed by atoms with Crippen molar-refractivity contribution >= 4 is 22.4 Å². The molecule has 2 aromatic heterocycles. The Morgan fingerprint density at radius 1 is 0.765 bits per heavy atom. The summed E-state index contributed by atoms with van der Waals surface area (Å²) in [6.07, 6.45) is 0. The summed E-state index contributed by atoms with van der Waals surface area (Å²) in [7, 11) is 0. The second kappa shape index (κ2) is 8.75. The number of benzene rings is 3. The van der Waals surface area contributed by atoms with Gasteiger partial charge in [-0.05, 0) is 99.5 Å². The molecule has 5 heteroatoms. The van der Waals surface area contributed by atoms with Crippen LogP contribution in [-0.4, -0.2) is 14.5 Å². The molecule has 0 amide bonds. The molecule has 0 fully saturated rings. The van der Waals surface area contributed by atoms with Crippen LogP contribution in [-0.2, 0) is 0 Å². The van der Waals surface area contributed by atoms with Gasteiger partial charge in [0.1, 0.15) is 17.2 Å². The highest BCUT2D eigenvalue weighted by molar-refractivity contribution is 5.93. The number of nitrogens with one attached hydrogen (secondary N) is 1. The summed E-state index contributed by atoms with van der Waals surface area (Å²) < 4.78 is 15.7. The van der Waals surface area contributed by atoms with Gasteiger partial charge in [-0.25, -0.2) is 9.37 Å². The third-order valence-electron chi connectivity index (χ3n) is 5.92. The molecule has 2 heterocycles. The molecule has 0 radical (unpaired) electrons. The Morgan fingerprint density at radius 2 is 1.41 bits per heavy atom. The summed E-state index contributed by atoms with van der Waals surface area (Å²) >= 11 is 0. The number of halogens is 1. The zero-order chi connectivity index (χ0) is 23.8. The van der Waals surface area contributed by atoms with Crippen LogP contribution in [0.3, 0.4) is 0 Å². The molecule has 0 spiro atoms. The number of hydrogen-bond acceptors (Lipinski definition) is 3. The molecule has 4 nitrogen and oxygen atoms in total. The number of imidazole rings is 1. The van der Waals surface area contributed by atoms with Gasteiger partial charge in [-0.15, -0.1) is 0 Å². The van der Waals surface area contributed by atoms with Gasteiger partial charge < -0.3 is 9.88 Å². The van der Waals surface area contributed by atoms with E-state index in [4.69, 9.17) is 4.98 Å². The molecule has 5 aromatic rings. The molecule has 0 bridgehead atoms. The van der Waals surface area contributed by atoms with Crippen molar-refractivity contribution in [1.82, 2.24) is 14.5 Å². The third-order valence-corrected chi connectivity index (χ3v) is 5.92. The number of pyridine rings is 1. The number of nitrogens with zero attached hydrogens (tertiary/aromatic N) is 3. The lowest BCUT2D eigenvalue weighted by Gasteiger charge is -2.13. The average Bonchev–Trinajstić information content (AvgIpc) is 3.20. The molecule has 170 valence electrons. The Bertz CT molecular complexity index is 1450. The van der Waals surface area contributed by atoms with Crippen molar-refractivity contribution in [2.24, 2.45) is 0 Å². The molecule has 0 atom stereocenters. The van der Waals surface area contributed by atoms with Crippen molar-refractivity contribution < 1.29 is 4.39 Å². The lowest BCUT2D eigenvalue weighted by molar-refractivity contribution is 0.621. The fraction of sp³-hybridized carbons (Fsp3) is 0.172. The van der Waals surface area contributed by atoms with E-state index >= 15 is 0 Å². The van der Waals surface area contributed by atoms with E-state index in [1.54, 1.807) is 12.1 Å². The van der Waals surface area contributed by atoms with Crippen molar-refractivity contribution in [3.8, 4) is 22.5 Å². The lowest BCUT2D eigenvalue weighted by Crippen LogP contribution is -2.03. The van der Waals surface area contributed by atoms with Crippen LogP contribution >= 0.6 is 0 Å². The fourth-order valence-corrected chi connectivity index (χ4v) is 4.45. The van der Waals surface area contributed by atoms with E-state index < -0.39 is 0 Å². The molecule has 34 heavy (non-hydrogen) atoms. The van der Waals surface area contributed by atoms with Crippen molar-refractivity contribution in [2.45, 2.75) is 33.7 Å². The molecule has 0 aliphatic heterocycles. The number of anilines is 2. The second-order valence-corrected chi connectivity index (χ2v) is 8.92. The molecule has 3 aromatic carbocycles. The molecule has 1 N–H and O–H groups in total. The summed E-state index contributed by atoms with van der Waals surface area (Å²) in [5.74, 6) is 0.580. The zero-order valence-electron chi connectivity index (χ0n) is 19.8. The van der Waals surface area contributed by atoms with Gasteiger partial charge in [0.25, 0.3) is 0 Å². The van der Waals surface area contributed by atoms with Gasteiger partial charge in [-0.1, -0.05) is 18.2 Å². The SMILES string of the molecule is Cc1cc(-c2ccc(Nc3cccc4c3nc(-c3ccc(F)cc3)n4C(C)C)cc2)cc(C)n1. The molecule has 0 saturated carbocycles. The Labute approximate surface area is 199 Å². The molecule has 0 unspecified atom stereocenters. The number of fused-ring (bicyclic) bond motifs is 1. The third kappa shape index (κ3) is 4.17. The molecule has 0 aliphatic carbocycles. The van der Waals surface area contributed by atoms with E-state index in [0.717, 1.165) is 50.7 Å². The monoisotopic (exact) mass is 450 g/mol. The summed E-state index contributed by atoms with van der Waals surface area (Å²) in [6, 6.07) is 25.5. The van der Waals surface area contributed by atoms with Gasteiger partial charge >= 0.3 is 0 Å². The normalized spacial score (nSPS) is 11.4. The fourth-order valence-electron chi connectivity index (χ4n) is 4.45. The maximum Gasteiger partial charge on any atom is 0.141 e. The van der Waals surface area contributed by atoms with Crippen LogP contribution in [0.2, 0.25) is 0 Å². The highest BCUT2D eigenvalue weighted by atomic mass is 19.1. The van der Waals surface area contributed by atoms with Crippen molar-refractivity contribution in [1.29, 1.82) is 0 Å². The topological polar surface area (TPSA) is 42.7 Å². The van der Waals surface area contributed by atoms with E-state index in [1.165, 1.54) is 17.7 Å². The number of hydrogen-bond donors (Lipinski definition) is 1. The number of aromatic nitrogens is 3. The largest absolute Gasteiger partial charge is 0.354 e. The van der Waals surface area contributed by atoms with Gasteiger partial charge in [0.2, 0.25) is 0 Å². The first-order valence-corrected chi connectivity index (χ1v) is 11.5. The first-order valence-electron chi connectivity index (χ1n) is 11.5. The smallest absolute Gasteiger partial charge is 0.141 e. The first-order chi connectivity index (χ1) is 16.4. The van der Waals surface area contributed by atoms with Crippen LogP contribution in [0.5, 0.6) is 0 Å². The van der Waals surface area contributed by atoms with Crippen molar-refractivity contribution in [3.05, 3.63) is 96.1 Å². The maximum atomic E-state index is 13.5. The molecular formula is C29H27FN4. The van der Waals surface area contributed by atoms with E-state index in [0.29, 0.717) is 0 Å².